The summed E-state index contributed by atoms with van der Waals surface area (Å²) in [5.41, 5.74) is 1.80. The van der Waals surface area contributed by atoms with Crippen molar-refractivity contribution in [2.75, 3.05) is 6.61 Å². The molecular formula is C25H38O5. The van der Waals surface area contributed by atoms with Gasteiger partial charge in [0.25, 0.3) is 0 Å². The molecule has 0 aromatic carbocycles. The van der Waals surface area contributed by atoms with E-state index in [0.717, 1.165) is 42.4 Å². The van der Waals surface area contributed by atoms with Gasteiger partial charge in [-0.3, -0.25) is 0 Å². The maximum absolute atomic E-state index is 12.3. The van der Waals surface area contributed by atoms with Crippen LogP contribution in [0.4, 0.5) is 0 Å². The molecule has 1 fully saturated rings. The van der Waals surface area contributed by atoms with E-state index in [1.807, 2.05) is 33.8 Å². The molecule has 0 aromatic rings. The molecule has 5 nitrogen and oxygen atoms in total. The number of fused-ring (bicyclic) bond motifs is 1. The predicted octanol–water partition coefficient (Wildman–Crippen LogP) is 4.40. The van der Waals surface area contributed by atoms with Crippen molar-refractivity contribution < 1.29 is 24.5 Å². The second kappa shape index (κ2) is 10.1. The number of carbonyl (C=O) groups excluding carboxylic acids is 1. The highest BCUT2D eigenvalue weighted by Crippen LogP contribution is 2.45. The van der Waals surface area contributed by atoms with Gasteiger partial charge >= 0.3 is 5.97 Å². The van der Waals surface area contributed by atoms with E-state index in [1.54, 1.807) is 0 Å². The molecule has 1 aliphatic carbocycles. The van der Waals surface area contributed by atoms with Crippen molar-refractivity contribution in [2.45, 2.75) is 90.6 Å². The van der Waals surface area contributed by atoms with Gasteiger partial charge in [-0.2, -0.15) is 0 Å². The number of rotatable bonds is 7. The average Bonchev–Trinajstić information content (AvgIpc) is 3.33. The Hall–Kier alpha value is -1.69. The van der Waals surface area contributed by atoms with Gasteiger partial charge in [-0.15, -0.1) is 0 Å². The zero-order chi connectivity index (χ0) is 22.5. The molecule has 0 spiro atoms. The Bertz CT molecular complexity index is 730. The first kappa shape index (κ1) is 24.6. The zero-order valence-corrected chi connectivity index (χ0v) is 19.1. The zero-order valence-electron chi connectivity index (χ0n) is 19.1. The Labute approximate surface area is 181 Å². The summed E-state index contributed by atoms with van der Waals surface area (Å²) >= 11 is 0. The van der Waals surface area contributed by atoms with Crippen LogP contribution < -0.4 is 0 Å². The van der Waals surface area contributed by atoms with E-state index in [4.69, 9.17) is 9.47 Å². The fourth-order valence-electron chi connectivity index (χ4n) is 3.84. The first-order chi connectivity index (χ1) is 14.0. The van der Waals surface area contributed by atoms with Gasteiger partial charge in [-0.25, -0.2) is 4.79 Å². The van der Waals surface area contributed by atoms with Crippen LogP contribution in [0, 0.1) is 5.41 Å². The van der Waals surface area contributed by atoms with Crippen molar-refractivity contribution in [1.82, 2.24) is 0 Å². The summed E-state index contributed by atoms with van der Waals surface area (Å²) in [6.45, 7) is 13.5. The molecule has 168 valence electrons. The smallest absolute Gasteiger partial charge is 0.331 e. The van der Waals surface area contributed by atoms with Crippen molar-refractivity contribution in [1.29, 1.82) is 0 Å². The highest BCUT2D eigenvalue weighted by atomic mass is 16.6. The fraction of sp³-hybridized carbons (Fsp3) is 0.640. The lowest BCUT2D eigenvalue weighted by atomic mass is 9.79. The summed E-state index contributed by atoms with van der Waals surface area (Å²) in [6.07, 6.45) is 10.2. The van der Waals surface area contributed by atoms with Crippen LogP contribution in [0.1, 0.15) is 66.7 Å². The molecule has 0 bridgehead atoms. The average molecular weight is 419 g/mol. The van der Waals surface area contributed by atoms with Crippen LogP contribution in [-0.4, -0.2) is 46.7 Å². The highest BCUT2D eigenvalue weighted by molar-refractivity contribution is 5.83. The van der Waals surface area contributed by atoms with E-state index < -0.39 is 17.8 Å². The van der Waals surface area contributed by atoms with Crippen molar-refractivity contribution in [2.24, 2.45) is 5.41 Å². The largest absolute Gasteiger partial charge is 0.452 e. The molecule has 2 aliphatic rings. The Balaban J connectivity index is 2.30. The molecule has 1 saturated heterocycles. The molecule has 1 aliphatic heterocycles. The number of epoxide rings is 1. The minimum atomic E-state index is -0.565. The van der Waals surface area contributed by atoms with E-state index >= 15 is 0 Å². The lowest BCUT2D eigenvalue weighted by molar-refractivity contribution is -0.143. The lowest BCUT2D eigenvalue weighted by Crippen LogP contribution is -2.32. The summed E-state index contributed by atoms with van der Waals surface area (Å²) in [5.74, 6) is -0.372. The second-order valence-electron chi connectivity index (χ2n) is 9.55. The molecular weight excluding hydrogens is 380 g/mol. The molecule has 30 heavy (non-hydrogen) atoms. The number of aliphatic hydroxyl groups excluding tert-OH is 2. The summed E-state index contributed by atoms with van der Waals surface area (Å²) < 4.78 is 11.8. The van der Waals surface area contributed by atoms with Gasteiger partial charge in [0, 0.05) is 6.08 Å². The second-order valence-corrected chi connectivity index (χ2v) is 9.55. The minimum absolute atomic E-state index is 0.0174. The third-order valence-electron chi connectivity index (χ3n) is 6.21. The number of hydrogen-bond donors (Lipinski definition) is 2. The van der Waals surface area contributed by atoms with Crippen molar-refractivity contribution >= 4 is 5.97 Å². The van der Waals surface area contributed by atoms with Crippen LogP contribution in [-0.2, 0) is 14.3 Å². The number of carbonyl (C=O) groups is 1. The Morgan fingerprint density at radius 3 is 2.70 bits per heavy atom. The van der Waals surface area contributed by atoms with Gasteiger partial charge < -0.3 is 19.7 Å². The molecule has 0 aromatic heterocycles. The fourth-order valence-corrected chi connectivity index (χ4v) is 3.84. The monoisotopic (exact) mass is 418 g/mol. The summed E-state index contributed by atoms with van der Waals surface area (Å²) in [5, 5.41) is 20.0. The number of ether oxygens (including phenoxy) is 2. The van der Waals surface area contributed by atoms with Crippen LogP contribution in [0.15, 0.2) is 47.6 Å². The van der Waals surface area contributed by atoms with E-state index in [0.29, 0.717) is 6.42 Å². The van der Waals surface area contributed by atoms with Gasteiger partial charge in [0.05, 0.1) is 18.8 Å². The van der Waals surface area contributed by atoms with Gasteiger partial charge in [0.2, 0.25) is 0 Å². The topological polar surface area (TPSA) is 79.3 Å². The maximum Gasteiger partial charge on any atom is 0.331 e. The summed E-state index contributed by atoms with van der Waals surface area (Å²) in [4.78, 5) is 12.3. The standard InChI is InChI=1S/C25H38O5/c1-17(2)15-23(28)29-21-11-14-24(5,13-10-20(27)18(3)4)12-9-19(16-26)7-8-22-25(21,6)30-22/h9,11,14-15,20-22,26-27H,3,7-8,10,12-13,16H2,1-2,4-6H3. The summed E-state index contributed by atoms with van der Waals surface area (Å²) in [6, 6.07) is 0. The molecule has 2 N–H and O–H groups in total. The number of allylic oxidation sites excluding steroid dienone is 3. The number of aliphatic hydroxyl groups is 2. The molecule has 2 rings (SSSR count). The molecule has 5 atom stereocenters. The van der Waals surface area contributed by atoms with Gasteiger partial charge in [0.1, 0.15) is 5.60 Å². The van der Waals surface area contributed by atoms with Crippen molar-refractivity contribution in [3.8, 4) is 0 Å². The number of esters is 1. The third kappa shape index (κ3) is 6.66. The Morgan fingerprint density at radius 1 is 1.40 bits per heavy atom. The van der Waals surface area contributed by atoms with E-state index in [2.05, 4.69) is 25.7 Å². The molecule has 0 amide bonds. The van der Waals surface area contributed by atoms with Gasteiger partial charge in [-0.1, -0.05) is 36.8 Å². The van der Waals surface area contributed by atoms with Crippen molar-refractivity contribution in [3.63, 3.8) is 0 Å². The normalized spacial score (nSPS) is 32.2. The van der Waals surface area contributed by atoms with Gasteiger partial charge in [0.15, 0.2) is 6.10 Å². The summed E-state index contributed by atoms with van der Waals surface area (Å²) in [7, 11) is 0. The van der Waals surface area contributed by atoms with Gasteiger partial charge in [-0.05, 0) is 76.9 Å². The molecule has 0 saturated carbocycles. The van der Waals surface area contributed by atoms with Crippen LogP contribution in [0.5, 0.6) is 0 Å². The van der Waals surface area contributed by atoms with Crippen LogP contribution in [0.2, 0.25) is 0 Å². The van der Waals surface area contributed by atoms with E-state index in [9.17, 15) is 15.0 Å². The first-order valence-electron chi connectivity index (χ1n) is 10.8. The Morgan fingerprint density at radius 2 is 2.10 bits per heavy atom. The first-order valence-corrected chi connectivity index (χ1v) is 10.8. The van der Waals surface area contributed by atoms with Crippen LogP contribution in [0.25, 0.3) is 0 Å². The molecule has 5 heteroatoms. The van der Waals surface area contributed by atoms with Crippen LogP contribution >= 0.6 is 0 Å². The van der Waals surface area contributed by atoms with E-state index in [1.165, 1.54) is 6.08 Å². The van der Waals surface area contributed by atoms with Crippen molar-refractivity contribution in [3.05, 3.63) is 47.6 Å². The van der Waals surface area contributed by atoms with Crippen LogP contribution in [0.3, 0.4) is 0 Å². The molecule has 0 radical (unpaired) electrons. The SMILES string of the molecule is C=C(C)C(O)CCC1(C)C=CC(OC(=O)C=C(C)C)C2(C)OC2CCC(CO)=CC1. The molecule has 1 heterocycles. The quantitative estimate of drug-likeness (QED) is 0.277. The minimum Gasteiger partial charge on any atom is -0.452 e. The maximum atomic E-state index is 12.3. The highest BCUT2D eigenvalue weighted by Gasteiger charge is 2.58. The Kier molecular flexibility index (Phi) is 8.26. The lowest BCUT2D eigenvalue weighted by Gasteiger charge is -2.28. The molecule has 5 unspecified atom stereocenters. The van der Waals surface area contributed by atoms with E-state index in [-0.39, 0.29) is 24.1 Å². The third-order valence-corrected chi connectivity index (χ3v) is 6.21. The number of hydrogen-bond acceptors (Lipinski definition) is 5. The predicted molar refractivity (Wildman–Crippen MR) is 119 cm³/mol.